The molecule has 2 aromatic rings. The number of nitrogens with one attached hydrogen (secondary N) is 1. The Balaban J connectivity index is 2.38. The van der Waals surface area contributed by atoms with E-state index >= 15 is 0 Å². The lowest BCUT2D eigenvalue weighted by Gasteiger charge is -2.25. The third kappa shape index (κ3) is 3.08. The maximum atomic E-state index is 12.4. The van der Waals surface area contributed by atoms with Gasteiger partial charge in [-0.2, -0.15) is 0 Å². The fourth-order valence-electron chi connectivity index (χ4n) is 2.11. The molecule has 0 spiro atoms. The number of rotatable bonds is 4. The first-order valence-electron chi connectivity index (χ1n) is 6.29. The predicted octanol–water partition coefficient (Wildman–Crippen LogP) is 3.04. The van der Waals surface area contributed by atoms with Gasteiger partial charge in [0, 0.05) is 18.7 Å². The third-order valence-corrected chi connectivity index (χ3v) is 3.25. The fraction of sp³-hybridized carbons (Fsp3) is 0.333. The van der Waals surface area contributed by atoms with Gasteiger partial charge in [-0.3, -0.25) is 4.79 Å². The monoisotopic (exact) mass is 292 g/mol. The summed E-state index contributed by atoms with van der Waals surface area (Å²) < 4.78 is 5.10. The molecule has 0 aliphatic rings. The first-order valence-corrected chi connectivity index (χ1v) is 6.67. The number of halogens is 1. The summed E-state index contributed by atoms with van der Waals surface area (Å²) in [4.78, 5) is 16.5. The molecule has 2 rings (SSSR count). The van der Waals surface area contributed by atoms with Crippen LogP contribution in [-0.4, -0.2) is 30.1 Å². The van der Waals surface area contributed by atoms with E-state index < -0.39 is 5.54 Å². The molecule has 0 fully saturated rings. The van der Waals surface area contributed by atoms with Gasteiger partial charge in [-0.05, 0) is 19.2 Å². The highest BCUT2D eigenvalue weighted by atomic mass is 35.5. The van der Waals surface area contributed by atoms with Crippen LogP contribution in [0.1, 0.15) is 24.2 Å². The lowest BCUT2D eigenvalue weighted by molar-refractivity contribution is 0.0821. The van der Waals surface area contributed by atoms with Crippen LogP contribution in [0.4, 0.5) is 0 Å². The van der Waals surface area contributed by atoms with Crippen LogP contribution in [-0.2, 0) is 4.74 Å². The zero-order valence-electron chi connectivity index (χ0n) is 11.7. The van der Waals surface area contributed by atoms with Crippen molar-refractivity contribution in [3.63, 3.8) is 0 Å². The van der Waals surface area contributed by atoms with Gasteiger partial charge in [0.1, 0.15) is 5.15 Å². The van der Waals surface area contributed by atoms with Crippen LogP contribution >= 0.6 is 11.6 Å². The zero-order valence-corrected chi connectivity index (χ0v) is 12.5. The summed E-state index contributed by atoms with van der Waals surface area (Å²) in [5.41, 5.74) is 0.0567. The molecule has 0 aliphatic heterocycles. The smallest absolute Gasteiger partial charge is 0.253 e. The summed E-state index contributed by atoms with van der Waals surface area (Å²) in [5, 5.41) is 4.89. The summed E-state index contributed by atoms with van der Waals surface area (Å²) in [6, 6.07) is 7.45. The number of hydrogen-bond acceptors (Lipinski definition) is 3. The van der Waals surface area contributed by atoms with Crippen LogP contribution in [0.25, 0.3) is 10.8 Å². The van der Waals surface area contributed by atoms with Crippen molar-refractivity contribution in [2.24, 2.45) is 0 Å². The predicted molar refractivity (Wildman–Crippen MR) is 80.2 cm³/mol. The molecule has 0 atom stereocenters. The number of carbonyl (C=O) groups is 1. The van der Waals surface area contributed by atoms with E-state index in [-0.39, 0.29) is 5.91 Å². The Morgan fingerprint density at radius 2 is 2.00 bits per heavy atom. The van der Waals surface area contributed by atoms with Crippen molar-refractivity contribution in [2.45, 2.75) is 19.4 Å². The van der Waals surface area contributed by atoms with Crippen molar-refractivity contribution < 1.29 is 9.53 Å². The van der Waals surface area contributed by atoms with Crippen molar-refractivity contribution in [2.75, 3.05) is 13.7 Å². The van der Waals surface area contributed by atoms with E-state index in [1.807, 2.05) is 38.1 Å². The fourth-order valence-corrected chi connectivity index (χ4v) is 2.32. The molecule has 1 heterocycles. The molecule has 0 bridgehead atoms. The normalized spacial score (nSPS) is 11.6. The highest BCUT2D eigenvalue weighted by Gasteiger charge is 2.22. The third-order valence-electron chi connectivity index (χ3n) is 2.95. The van der Waals surface area contributed by atoms with Crippen molar-refractivity contribution in [1.82, 2.24) is 10.3 Å². The lowest BCUT2D eigenvalue weighted by atomic mass is 10.0. The van der Waals surface area contributed by atoms with E-state index in [4.69, 9.17) is 16.3 Å². The summed E-state index contributed by atoms with van der Waals surface area (Å²) in [6.45, 7) is 4.23. The van der Waals surface area contributed by atoms with Crippen molar-refractivity contribution in [3.8, 4) is 0 Å². The summed E-state index contributed by atoms with van der Waals surface area (Å²) in [6.07, 6.45) is 1.50. The minimum absolute atomic E-state index is 0.188. The van der Waals surface area contributed by atoms with E-state index in [0.717, 1.165) is 10.8 Å². The molecule has 1 N–H and O–H groups in total. The molecule has 20 heavy (non-hydrogen) atoms. The number of fused-ring (bicyclic) bond motifs is 1. The Morgan fingerprint density at radius 3 is 2.65 bits per heavy atom. The molecule has 5 heteroatoms. The van der Waals surface area contributed by atoms with Gasteiger partial charge in [-0.1, -0.05) is 35.9 Å². The number of benzene rings is 1. The topological polar surface area (TPSA) is 51.2 Å². The van der Waals surface area contributed by atoms with E-state index in [2.05, 4.69) is 10.3 Å². The largest absolute Gasteiger partial charge is 0.382 e. The number of pyridine rings is 1. The number of amides is 1. The number of hydrogen-bond donors (Lipinski definition) is 1. The van der Waals surface area contributed by atoms with Gasteiger partial charge in [0.05, 0.1) is 17.7 Å². The van der Waals surface area contributed by atoms with Crippen LogP contribution in [0, 0.1) is 0 Å². The maximum Gasteiger partial charge on any atom is 0.253 e. The minimum atomic E-state index is -0.452. The summed E-state index contributed by atoms with van der Waals surface area (Å²) in [5.74, 6) is -0.188. The van der Waals surface area contributed by atoms with Gasteiger partial charge in [0.15, 0.2) is 0 Å². The second-order valence-electron chi connectivity index (χ2n) is 5.28. The second-order valence-corrected chi connectivity index (χ2v) is 5.64. The molecule has 1 aromatic heterocycles. The molecule has 0 saturated carbocycles. The van der Waals surface area contributed by atoms with E-state index in [0.29, 0.717) is 17.3 Å². The average molecular weight is 293 g/mol. The number of methoxy groups -OCH3 is 1. The molecular weight excluding hydrogens is 276 g/mol. The Morgan fingerprint density at radius 1 is 1.35 bits per heavy atom. The molecular formula is C15H17ClN2O2. The second kappa shape index (κ2) is 5.77. The minimum Gasteiger partial charge on any atom is -0.382 e. The summed E-state index contributed by atoms with van der Waals surface area (Å²) >= 11 is 6.05. The molecule has 0 radical (unpaired) electrons. The highest BCUT2D eigenvalue weighted by molar-refractivity contribution is 6.34. The Bertz CT molecular complexity index is 641. The lowest BCUT2D eigenvalue weighted by Crippen LogP contribution is -2.46. The molecule has 0 saturated heterocycles. The first-order chi connectivity index (χ1) is 9.44. The van der Waals surface area contributed by atoms with Gasteiger partial charge < -0.3 is 10.1 Å². The van der Waals surface area contributed by atoms with Crippen LogP contribution in [0.15, 0.2) is 30.5 Å². The van der Waals surface area contributed by atoms with Gasteiger partial charge in [0.2, 0.25) is 0 Å². The Kier molecular flexibility index (Phi) is 4.26. The number of ether oxygens (including phenoxy) is 1. The van der Waals surface area contributed by atoms with E-state index in [1.165, 1.54) is 6.20 Å². The molecule has 0 aliphatic carbocycles. The highest BCUT2D eigenvalue weighted by Crippen LogP contribution is 2.24. The SMILES string of the molecule is COCC(C)(C)NC(=O)c1cnc(Cl)c2ccccc12. The van der Waals surface area contributed by atoms with Gasteiger partial charge in [-0.15, -0.1) is 0 Å². The maximum absolute atomic E-state index is 12.4. The zero-order chi connectivity index (χ0) is 14.8. The molecule has 4 nitrogen and oxygen atoms in total. The van der Waals surface area contributed by atoms with Gasteiger partial charge >= 0.3 is 0 Å². The molecule has 0 unspecified atom stereocenters. The average Bonchev–Trinajstić information content (AvgIpc) is 2.38. The van der Waals surface area contributed by atoms with Crippen molar-refractivity contribution in [3.05, 3.63) is 41.2 Å². The van der Waals surface area contributed by atoms with E-state index in [1.54, 1.807) is 7.11 Å². The Hall–Kier alpha value is -1.65. The molecule has 1 aromatic carbocycles. The van der Waals surface area contributed by atoms with Gasteiger partial charge in [-0.25, -0.2) is 4.98 Å². The van der Waals surface area contributed by atoms with Crippen LogP contribution < -0.4 is 5.32 Å². The number of carbonyl (C=O) groups excluding carboxylic acids is 1. The number of nitrogens with zero attached hydrogens (tertiary/aromatic N) is 1. The standard InChI is InChI=1S/C15H17ClN2O2/c1-15(2,9-20-3)18-14(19)12-8-17-13(16)11-7-5-4-6-10(11)12/h4-8H,9H2,1-3H3,(H,18,19). The summed E-state index contributed by atoms with van der Waals surface area (Å²) in [7, 11) is 1.60. The first kappa shape index (κ1) is 14.8. The van der Waals surface area contributed by atoms with Crippen LogP contribution in [0.3, 0.4) is 0 Å². The Labute approximate surface area is 123 Å². The van der Waals surface area contributed by atoms with Crippen LogP contribution in [0.5, 0.6) is 0 Å². The van der Waals surface area contributed by atoms with Crippen molar-refractivity contribution in [1.29, 1.82) is 0 Å². The van der Waals surface area contributed by atoms with Crippen LogP contribution in [0.2, 0.25) is 5.15 Å². The quantitative estimate of drug-likeness (QED) is 0.881. The number of aromatic nitrogens is 1. The molecule has 1 amide bonds. The van der Waals surface area contributed by atoms with E-state index in [9.17, 15) is 4.79 Å². The van der Waals surface area contributed by atoms with Crippen molar-refractivity contribution >= 4 is 28.3 Å². The molecule has 106 valence electrons. The van der Waals surface area contributed by atoms with Gasteiger partial charge in [0.25, 0.3) is 5.91 Å².